The van der Waals surface area contributed by atoms with Gasteiger partial charge in [0, 0.05) is 26.4 Å². The fourth-order valence-electron chi connectivity index (χ4n) is 7.77. The van der Waals surface area contributed by atoms with Crippen molar-refractivity contribution in [3.05, 3.63) is 12.7 Å². The smallest absolute Gasteiger partial charge is 0.353 e. The minimum Gasteiger partial charge on any atom is -0.382 e. The van der Waals surface area contributed by atoms with Gasteiger partial charge in [0.05, 0.1) is 38.8 Å². The Bertz CT molecular complexity index is 1420. The van der Waals surface area contributed by atoms with Crippen molar-refractivity contribution >= 4 is 32.2 Å². The molecule has 0 amide bonds. The average Bonchev–Trinajstić information content (AvgIpc) is 3.73. The summed E-state index contributed by atoms with van der Waals surface area (Å²) in [5.41, 5.74) is 6.74. The van der Waals surface area contributed by atoms with Gasteiger partial charge < -0.3 is 48.1 Å². The summed E-state index contributed by atoms with van der Waals surface area (Å²) in [4.78, 5) is 33.4. The Labute approximate surface area is 393 Å². The Morgan fingerprint density at radius 1 is 0.492 bits per heavy atom. The third-order valence-corrected chi connectivity index (χ3v) is 13.8. The van der Waals surface area contributed by atoms with Crippen molar-refractivity contribution in [2.75, 3.05) is 71.3 Å². The van der Waals surface area contributed by atoms with Crippen LogP contribution in [0.3, 0.4) is 0 Å². The van der Waals surface area contributed by atoms with E-state index in [4.69, 9.17) is 33.7 Å². The van der Waals surface area contributed by atoms with Crippen LogP contribution in [0.4, 0.5) is 5.82 Å². The number of hydrogen-bond acceptors (Lipinski definition) is 12. The highest BCUT2D eigenvalue weighted by molar-refractivity contribution is 7.52. The number of aromatic nitrogens is 4. The standard InChI is InChI=1S/C48H93N5O10P2/c1-3-5-7-9-11-13-15-17-19-21-23-25-27-29-33-58-35-31-37-62-64(54,55)43-60-39-45(53-42-52-46-47(49)50-41-51-48(46)53)40-61-44-65(56,57)63-38-32-36-59-34-30-28-26-24-22-20-18-16-14-12-10-8-6-4-2/h41-42,45H,3-40,43-44H2,1-2H3,(H,54,55)(H,56,57)(H2,49,50,51). The van der Waals surface area contributed by atoms with Gasteiger partial charge in [-0.15, -0.1) is 0 Å². The summed E-state index contributed by atoms with van der Waals surface area (Å²) in [6.45, 7) is 6.66. The molecule has 2 rings (SSSR count). The molecule has 0 radical (unpaired) electrons. The van der Waals surface area contributed by atoms with Gasteiger partial charge in [-0.05, 0) is 25.7 Å². The second kappa shape index (κ2) is 40.4. The highest BCUT2D eigenvalue weighted by Gasteiger charge is 2.25. The Balaban J connectivity index is 1.55. The van der Waals surface area contributed by atoms with Crippen molar-refractivity contribution in [1.29, 1.82) is 0 Å². The molecule has 2 heterocycles. The third-order valence-electron chi connectivity index (χ3n) is 11.6. The minimum atomic E-state index is -4.07. The number of unbranched alkanes of at least 4 members (excludes halogenated alkanes) is 26. The van der Waals surface area contributed by atoms with Crippen LogP contribution in [-0.2, 0) is 37.1 Å². The lowest BCUT2D eigenvalue weighted by molar-refractivity contribution is 0.0595. The number of imidazole rings is 1. The van der Waals surface area contributed by atoms with Crippen LogP contribution in [0.1, 0.15) is 213 Å². The van der Waals surface area contributed by atoms with Gasteiger partial charge in [0.25, 0.3) is 0 Å². The molecule has 0 aromatic carbocycles. The first-order valence-electron chi connectivity index (χ1n) is 25.9. The highest BCUT2D eigenvalue weighted by atomic mass is 31.2. The molecule has 380 valence electrons. The van der Waals surface area contributed by atoms with Gasteiger partial charge in [-0.3, -0.25) is 9.13 Å². The van der Waals surface area contributed by atoms with Crippen molar-refractivity contribution < 1.29 is 46.9 Å². The molecular formula is C48H93N5O10P2. The Hall–Kier alpha value is -1.51. The molecule has 2 aromatic rings. The largest absolute Gasteiger partial charge is 0.382 e. The maximum absolute atomic E-state index is 12.8. The zero-order chi connectivity index (χ0) is 46.9. The Morgan fingerprint density at radius 3 is 1.23 bits per heavy atom. The summed E-state index contributed by atoms with van der Waals surface area (Å²) >= 11 is 0. The maximum atomic E-state index is 12.8. The van der Waals surface area contributed by atoms with Gasteiger partial charge in [0.1, 0.15) is 24.5 Å². The lowest BCUT2D eigenvalue weighted by Gasteiger charge is -2.21. The lowest BCUT2D eigenvalue weighted by atomic mass is 10.0. The monoisotopic (exact) mass is 962 g/mol. The Kier molecular flexibility index (Phi) is 37.0. The van der Waals surface area contributed by atoms with Crippen molar-refractivity contribution in [3.63, 3.8) is 0 Å². The summed E-state index contributed by atoms with van der Waals surface area (Å²) in [6, 6.07) is -0.652. The van der Waals surface area contributed by atoms with Crippen molar-refractivity contribution in [2.45, 2.75) is 213 Å². The van der Waals surface area contributed by atoms with E-state index in [1.807, 2.05) is 0 Å². The van der Waals surface area contributed by atoms with E-state index in [9.17, 15) is 18.9 Å². The molecule has 0 aliphatic carbocycles. The molecule has 2 unspecified atom stereocenters. The van der Waals surface area contributed by atoms with Gasteiger partial charge in [0.15, 0.2) is 11.5 Å². The van der Waals surface area contributed by atoms with Crippen LogP contribution in [0.2, 0.25) is 0 Å². The number of ether oxygens (including phenoxy) is 4. The van der Waals surface area contributed by atoms with Crippen LogP contribution in [0.15, 0.2) is 12.7 Å². The van der Waals surface area contributed by atoms with Crippen molar-refractivity contribution in [2.24, 2.45) is 0 Å². The molecule has 2 atom stereocenters. The van der Waals surface area contributed by atoms with Crippen LogP contribution in [0.5, 0.6) is 0 Å². The highest BCUT2D eigenvalue weighted by Crippen LogP contribution is 2.43. The number of fused-ring (bicyclic) bond motifs is 1. The zero-order valence-corrected chi connectivity index (χ0v) is 42.7. The summed E-state index contributed by atoms with van der Waals surface area (Å²) in [6.07, 6.45) is 39.3. The van der Waals surface area contributed by atoms with Crippen molar-refractivity contribution in [3.8, 4) is 0 Å². The molecule has 17 heteroatoms. The lowest BCUT2D eigenvalue weighted by Crippen LogP contribution is -2.22. The molecule has 15 nitrogen and oxygen atoms in total. The fraction of sp³-hybridized carbons (Fsp3) is 0.896. The van der Waals surface area contributed by atoms with Gasteiger partial charge in [-0.25, -0.2) is 15.0 Å². The SMILES string of the molecule is CCCCCCCCCCCCCCCCOCCCOP(=O)(O)COCC(COCP(=O)(O)OCCCOCCCCCCCCCCCCCCCC)n1cnc2c(N)ncnc21. The van der Waals surface area contributed by atoms with Crippen LogP contribution in [0.25, 0.3) is 11.2 Å². The summed E-state index contributed by atoms with van der Waals surface area (Å²) < 4.78 is 60.5. The average molecular weight is 962 g/mol. The number of nitrogens with zero attached hydrogens (tertiary/aromatic N) is 4. The number of rotatable bonds is 49. The van der Waals surface area contributed by atoms with Gasteiger partial charge >= 0.3 is 15.2 Å². The summed E-state index contributed by atoms with van der Waals surface area (Å²) in [7, 11) is -8.14. The molecule has 0 saturated heterocycles. The van der Waals surface area contributed by atoms with E-state index in [2.05, 4.69) is 28.8 Å². The van der Waals surface area contributed by atoms with Gasteiger partial charge in [0.2, 0.25) is 0 Å². The predicted octanol–water partition coefficient (Wildman–Crippen LogP) is 13.1. The number of nitrogens with two attached hydrogens (primary N) is 1. The quantitative estimate of drug-likeness (QED) is 0.0418. The molecule has 2 aromatic heterocycles. The molecule has 0 saturated carbocycles. The topological polar surface area (TPSA) is 200 Å². The van der Waals surface area contributed by atoms with E-state index in [-0.39, 0.29) is 32.2 Å². The molecule has 65 heavy (non-hydrogen) atoms. The number of nitrogen functional groups attached to an aromatic ring is 1. The first kappa shape index (κ1) is 59.6. The maximum Gasteiger partial charge on any atom is 0.353 e. The summed E-state index contributed by atoms with van der Waals surface area (Å²) in [5.74, 6) is 0.183. The molecule has 0 fully saturated rings. The van der Waals surface area contributed by atoms with E-state index >= 15 is 0 Å². The number of hydrogen-bond donors (Lipinski definition) is 3. The van der Waals surface area contributed by atoms with Crippen LogP contribution in [-0.4, -0.2) is 94.9 Å². The van der Waals surface area contributed by atoms with Crippen LogP contribution >= 0.6 is 15.2 Å². The second-order valence-electron chi connectivity index (χ2n) is 17.8. The van der Waals surface area contributed by atoms with E-state index in [0.29, 0.717) is 50.4 Å². The Morgan fingerprint density at radius 2 is 0.846 bits per heavy atom. The molecule has 0 bridgehead atoms. The first-order valence-corrected chi connectivity index (χ1v) is 29.4. The third kappa shape index (κ3) is 32.8. The number of anilines is 1. The van der Waals surface area contributed by atoms with Gasteiger partial charge in [-0.2, -0.15) is 0 Å². The van der Waals surface area contributed by atoms with Gasteiger partial charge in [-0.1, -0.05) is 181 Å². The summed E-state index contributed by atoms with van der Waals surface area (Å²) in [5, 5.41) is 0. The first-order chi connectivity index (χ1) is 31.7. The van der Waals surface area contributed by atoms with E-state index in [1.165, 1.54) is 167 Å². The normalized spacial score (nSPS) is 14.3. The zero-order valence-electron chi connectivity index (χ0n) is 40.9. The minimum absolute atomic E-state index is 0.0577. The van der Waals surface area contributed by atoms with Crippen LogP contribution in [0, 0.1) is 0 Å². The molecule has 0 spiro atoms. The fourth-order valence-corrected chi connectivity index (χ4v) is 9.42. The molecule has 0 aliphatic rings. The molecule has 4 N–H and O–H groups in total. The van der Waals surface area contributed by atoms with E-state index < -0.39 is 33.9 Å². The van der Waals surface area contributed by atoms with E-state index in [1.54, 1.807) is 4.57 Å². The van der Waals surface area contributed by atoms with Crippen molar-refractivity contribution in [1.82, 2.24) is 19.5 Å². The molecule has 0 aliphatic heterocycles. The predicted molar refractivity (Wildman–Crippen MR) is 263 cm³/mol. The van der Waals surface area contributed by atoms with E-state index in [0.717, 1.165) is 25.7 Å². The molecular weight excluding hydrogens is 869 g/mol. The second-order valence-corrected chi connectivity index (χ2v) is 21.4. The van der Waals surface area contributed by atoms with Crippen LogP contribution < -0.4 is 5.73 Å².